The van der Waals surface area contributed by atoms with Crippen LogP contribution in [0, 0.1) is 17.6 Å². The summed E-state index contributed by atoms with van der Waals surface area (Å²) >= 11 is 6.65. The zero-order chi connectivity index (χ0) is 58.0. The number of aliphatic carboxylic acids is 2. The predicted molar refractivity (Wildman–Crippen MR) is 256 cm³/mol. The van der Waals surface area contributed by atoms with Gasteiger partial charge in [-0.05, 0) is 88.1 Å². The second-order valence-electron chi connectivity index (χ2n) is 19.5. The molecule has 3 aromatic heterocycles. The highest BCUT2D eigenvalue weighted by Crippen LogP contribution is 2.68. The molecule has 5 aromatic rings. The molecule has 31 heteroatoms. The van der Waals surface area contributed by atoms with Gasteiger partial charge < -0.3 is 20.3 Å². The third kappa shape index (κ3) is 12.8. The molecule has 0 radical (unpaired) electrons. The Kier molecular flexibility index (Phi) is 16.1. The molecule has 0 bridgehead atoms. The molecule has 3 heterocycles. The number of aromatic nitrogens is 5. The van der Waals surface area contributed by atoms with E-state index in [9.17, 15) is 81.4 Å². The minimum atomic E-state index is -5.25. The van der Waals surface area contributed by atoms with Gasteiger partial charge in [0.15, 0.2) is 21.3 Å². The van der Waals surface area contributed by atoms with E-state index in [2.05, 4.69) is 20.5 Å². The van der Waals surface area contributed by atoms with Crippen LogP contribution in [-0.2, 0) is 77.0 Å². The molecule has 1 saturated carbocycles. The molecule has 2 aliphatic rings. The monoisotopic (exact) mass is 1170 g/mol. The SMILES string of the molecule is CC(C)(CCc1ccc(-c2ccc(Cl)c3c(N(C(=O)OC(CCC(=O)O)CCC(=O)O)S(C)(=O)=O)nn(CC(F)(F)F)c23)c([C@H](Cc2cc(F)cc(F)c2)NC(=O)Cn2nc(C(F)(F)F)c3c2C(F)(F)C2C[C@H]32)n1)S(C)(=O)=O. The van der Waals surface area contributed by atoms with Gasteiger partial charge in [0.25, 0.3) is 5.92 Å². The summed E-state index contributed by atoms with van der Waals surface area (Å²) in [6, 6.07) is 4.76. The largest absolute Gasteiger partial charge is 0.481 e. The first-order valence-corrected chi connectivity index (χ1v) is 27.4. The first-order chi connectivity index (χ1) is 35.9. The maximum atomic E-state index is 15.6. The van der Waals surface area contributed by atoms with Crippen molar-refractivity contribution < 1.29 is 94.9 Å². The van der Waals surface area contributed by atoms with Gasteiger partial charge in [-0.15, -0.1) is 0 Å². The van der Waals surface area contributed by atoms with Crippen molar-refractivity contribution in [2.24, 2.45) is 5.92 Å². The molecular weight excluding hydrogens is 1130 g/mol. The summed E-state index contributed by atoms with van der Waals surface area (Å²) < 4.78 is 205. The van der Waals surface area contributed by atoms with E-state index in [1.165, 1.54) is 26.0 Å². The number of ether oxygens (including phenoxy) is 1. The van der Waals surface area contributed by atoms with Crippen LogP contribution in [0.15, 0.2) is 42.5 Å². The lowest BCUT2D eigenvalue weighted by molar-refractivity contribution is -0.143. The highest BCUT2D eigenvalue weighted by Gasteiger charge is 2.68. The van der Waals surface area contributed by atoms with Gasteiger partial charge in [0.1, 0.15) is 36.5 Å². The summed E-state index contributed by atoms with van der Waals surface area (Å²) in [6.45, 7) is -0.646. The number of nitrogens with zero attached hydrogens (tertiary/aromatic N) is 6. The van der Waals surface area contributed by atoms with Gasteiger partial charge in [0.2, 0.25) is 15.9 Å². The summed E-state index contributed by atoms with van der Waals surface area (Å²) in [5.41, 5.74) is -5.83. The molecule has 78 heavy (non-hydrogen) atoms. The van der Waals surface area contributed by atoms with Gasteiger partial charge in [-0.3, -0.25) is 28.7 Å². The second kappa shape index (κ2) is 21.2. The highest BCUT2D eigenvalue weighted by molar-refractivity contribution is 7.92. The third-order valence-corrected chi connectivity index (χ3v) is 16.8. The Labute approximate surface area is 441 Å². The van der Waals surface area contributed by atoms with Crippen LogP contribution in [0.4, 0.5) is 54.5 Å². The fourth-order valence-electron chi connectivity index (χ4n) is 9.22. The molecule has 18 nitrogen and oxygen atoms in total. The van der Waals surface area contributed by atoms with Crippen molar-refractivity contribution in [2.75, 3.05) is 16.8 Å². The van der Waals surface area contributed by atoms with Crippen molar-refractivity contribution in [1.82, 2.24) is 29.9 Å². The summed E-state index contributed by atoms with van der Waals surface area (Å²) in [4.78, 5) is 55.7. The fraction of sp³-hybridized carbons (Fsp3) is 0.468. The molecule has 2 aromatic carbocycles. The number of carboxylic acid groups (broad SMARTS) is 2. The second-order valence-corrected chi connectivity index (χ2v) is 24.4. The van der Waals surface area contributed by atoms with Crippen molar-refractivity contribution in [3.8, 4) is 11.1 Å². The number of nitrogens with one attached hydrogen (secondary N) is 1. The first-order valence-electron chi connectivity index (χ1n) is 23.3. The van der Waals surface area contributed by atoms with Crippen LogP contribution in [0.1, 0.15) is 98.2 Å². The van der Waals surface area contributed by atoms with Crippen LogP contribution in [0.3, 0.4) is 0 Å². The van der Waals surface area contributed by atoms with Gasteiger partial charge in [0.05, 0.1) is 38.7 Å². The number of hydrogen-bond donors (Lipinski definition) is 3. The third-order valence-electron chi connectivity index (χ3n) is 13.3. The minimum absolute atomic E-state index is 0.00484. The minimum Gasteiger partial charge on any atom is -0.481 e. The quantitative estimate of drug-likeness (QED) is 0.0581. The fourth-order valence-corrected chi connectivity index (χ4v) is 10.7. The Bertz CT molecular complexity index is 3420. The zero-order valence-electron chi connectivity index (χ0n) is 41.1. The Morgan fingerprint density at radius 1 is 0.897 bits per heavy atom. The predicted octanol–water partition coefficient (Wildman–Crippen LogP) is 8.87. The highest BCUT2D eigenvalue weighted by atomic mass is 35.5. The number of sulfonamides is 1. The Morgan fingerprint density at radius 2 is 1.50 bits per heavy atom. The number of anilines is 1. The van der Waals surface area contributed by atoms with Crippen molar-refractivity contribution in [2.45, 2.75) is 119 Å². The molecule has 1 unspecified atom stereocenters. The topological polar surface area (TPSA) is 250 Å². The van der Waals surface area contributed by atoms with Gasteiger partial charge >= 0.3 is 30.4 Å². The molecule has 0 spiro atoms. The number of carboxylic acids is 2. The Balaban J connectivity index is 1.45. The maximum Gasteiger partial charge on any atom is 0.435 e. The number of hydrogen-bond acceptors (Lipinski definition) is 12. The van der Waals surface area contributed by atoms with E-state index < -0.39 is 198 Å². The number of benzene rings is 2. The molecule has 2 aliphatic carbocycles. The van der Waals surface area contributed by atoms with E-state index in [4.69, 9.17) is 16.3 Å². The van der Waals surface area contributed by atoms with Crippen molar-refractivity contribution in [3.05, 3.63) is 93.0 Å². The molecule has 424 valence electrons. The van der Waals surface area contributed by atoms with Gasteiger partial charge in [-0.2, -0.15) is 49.6 Å². The number of rotatable bonds is 21. The lowest BCUT2D eigenvalue weighted by Gasteiger charge is -2.25. The Morgan fingerprint density at radius 3 is 2.05 bits per heavy atom. The van der Waals surface area contributed by atoms with Gasteiger partial charge in [0, 0.05) is 53.5 Å². The smallest absolute Gasteiger partial charge is 0.435 e. The van der Waals surface area contributed by atoms with Crippen LogP contribution in [0.5, 0.6) is 0 Å². The Hall–Kier alpha value is -6.56. The van der Waals surface area contributed by atoms with Gasteiger partial charge in [-0.25, -0.2) is 30.4 Å². The summed E-state index contributed by atoms with van der Waals surface area (Å²) in [5.74, 6) is -14.3. The molecule has 7 rings (SSSR count). The molecule has 3 N–H and O–H groups in total. The van der Waals surface area contributed by atoms with E-state index in [0.29, 0.717) is 12.3 Å². The average Bonchev–Trinajstić information content (AvgIpc) is 3.94. The molecular formula is C47H46ClF10N7O11S2. The first kappa shape index (κ1) is 59.1. The number of carbonyl (C=O) groups is 4. The average molecular weight is 1170 g/mol. The van der Waals surface area contributed by atoms with Crippen molar-refractivity contribution >= 4 is 72.1 Å². The number of amides is 2. The van der Waals surface area contributed by atoms with E-state index >= 15 is 8.78 Å². The number of sulfone groups is 1. The van der Waals surface area contributed by atoms with Crippen LogP contribution in [0.25, 0.3) is 22.0 Å². The molecule has 3 atom stereocenters. The zero-order valence-corrected chi connectivity index (χ0v) is 43.5. The number of fused-ring (bicyclic) bond motifs is 4. The van der Waals surface area contributed by atoms with Crippen LogP contribution >= 0.6 is 11.6 Å². The lowest BCUT2D eigenvalue weighted by atomic mass is 9.93. The van der Waals surface area contributed by atoms with Crippen molar-refractivity contribution in [1.29, 1.82) is 0 Å². The van der Waals surface area contributed by atoms with E-state index in [-0.39, 0.29) is 49.8 Å². The molecule has 0 saturated heterocycles. The summed E-state index contributed by atoms with van der Waals surface area (Å²) in [7, 11) is -8.85. The van der Waals surface area contributed by atoms with Crippen LogP contribution in [-0.4, -0.2) is 105 Å². The number of halogens is 11. The van der Waals surface area contributed by atoms with E-state index in [1.807, 2.05) is 0 Å². The van der Waals surface area contributed by atoms with E-state index in [1.54, 1.807) is 0 Å². The summed E-state index contributed by atoms with van der Waals surface area (Å²) in [5, 5.41) is 26.9. The van der Waals surface area contributed by atoms with E-state index in [0.717, 1.165) is 30.5 Å². The van der Waals surface area contributed by atoms with Crippen molar-refractivity contribution in [3.63, 3.8) is 0 Å². The normalized spacial score (nSPS) is 16.7. The standard InChI is InChI=1S/C47H46ClF10N7O11S2/c1-44(2,77(3,72)73)14-13-25-5-8-27(28-9-10-31(48)37-39(28)64(21-45(51,52)53)62-42(37)65(78(4,74)75)43(71)76-26(6-11-34(67)68)7-12-35(69)70)38(59-25)32(17-22-15-23(49)18-24(50)16-22)60-33(66)20-63-41-36(40(61-63)47(56,57)58)29-19-30(29)46(41,54)55/h5,8-10,15-16,18,26,29-30,32H,6-7,11-14,17,19-21H2,1-4H3,(H,60,66)(H,67,68)(H,69,70)/t29-,30?,32-/m0/s1. The maximum absolute atomic E-state index is 15.6. The molecule has 1 fully saturated rings. The van der Waals surface area contributed by atoms with Crippen LogP contribution < -0.4 is 9.62 Å². The summed E-state index contributed by atoms with van der Waals surface area (Å²) in [6.07, 6.45) is -16.6. The van der Waals surface area contributed by atoms with Gasteiger partial charge in [-0.1, -0.05) is 23.7 Å². The molecule has 2 amide bonds. The molecule has 0 aliphatic heterocycles. The number of aryl methyl sites for hydroxylation is 1. The number of carbonyl (C=O) groups excluding carboxylic acids is 2. The number of pyridine rings is 1. The van der Waals surface area contributed by atoms with Crippen LogP contribution in [0.2, 0.25) is 5.02 Å². The number of alkyl halides is 8. The lowest BCUT2D eigenvalue weighted by Crippen LogP contribution is -2.39.